The van der Waals surface area contributed by atoms with Gasteiger partial charge in [-0.15, -0.1) is 0 Å². The molecule has 31 heavy (non-hydrogen) atoms. The monoisotopic (exact) mass is 420 g/mol. The number of hydrogen-bond acceptors (Lipinski definition) is 4. The quantitative estimate of drug-likeness (QED) is 0.360. The number of esters is 1. The third kappa shape index (κ3) is 6.01. The molecule has 0 amide bonds. The van der Waals surface area contributed by atoms with Crippen LogP contribution < -0.4 is 4.74 Å². The maximum atomic E-state index is 14.9. The van der Waals surface area contributed by atoms with Crippen LogP contribution in [0.25, 0.3) is 11.1 Å². The molecule has 0 saturated carbocycles. The van der Waals surface area contributed by atoms with Gasteiger partial charge in [-0.3, -0.25) is 9.59 Å². The third-order valence-electron chi connectivity index (χ3n) is 4.50. The molecule has 0 atom stereocenters. The van der Waals surface area contributed by atoms with Crippen molar-refractivity contribution in [2.24, 2.45) is 0 Å². The maximum absolute atomic E-state index is 14.9. The van der Waals surface area contributed by atoms with Crippen LogP contribution in [0.1, 0.15) is 42.3 Å². The molecule has 0 unspecified atom stereocenters. The molecule has 4 nitrogen and oxygen atoms in total. The van der Waals surface area contributed by atoms with E-state index in [0.29, 0.717) is 11.8 Å². The number of hydrogen-bond donors (Lipinski definition) is 0. The maximum Gasteiger partial charge on any atom is 0.310 e. The van der Waals surface area contributed by atoms with E-state index in [1.165, 1.54) is 6.07 Å². The van der Waals surface area contributed by atoms with Gasteiger partial charge in [-0.25, -0.2) is 4.39 Å². The molecule has 0 aliphatic rings. The first-order valence-corrected chi connectivity index (χ1v) is 10.0. The highest BCUT2D eigenvalue weighted by molar-refractivity contribution is 5.88. The largest absolute Gasteiger partial charge is 0.486 e. The molecular weight excluding hydrogens is 395 g/mol. The highest BCUT2D eigenvalue weighted by Gasteiger charge is 2.17. The zero-order valence-electron chi connectivity index (χ0n) is 17.9. The van der Waals surface area contributed by atoms with E-state index in [-0.39, 0.29) is 30.3 Å². The molecule has 160 valence electrons. The molecule has 0 fully saturated rings. The summed E-state index contributed by atoms with van der Waals surface area (Å²) in [5.41, 5.74) is 2.24. The fraction of sp³-hybridized carbons (Fsp3) is 0.231. The first kappa shape index (κ1) is 22.2. The van der Waals surface area contributed by atoms with Gasteiger partial charge in [0.15, 0.2) is 17.9 Å². The highest BCUT2D eigenvalue weighted by Crippen LogP contribution is 2.30. The highest BCUT2D eigenvalue weighted by atomic mass is 19.1. The predicted octanol–water partition coefficient (Wildman–Crippen LogP) is 5.77. The van der Waals surface area contributed by atoms with Crippen molar-refractivity contribution in [1.82, 2.24) is 0 Å². The zero-order valence-corrected chi connectivity index (χ0v) is 17.9. The molecule has 0 heterocycles. The first-order chi connectivity index (χ1) is 14.8. The van der Waals surface area contributed by atoms with Gasteiger partial charge in [0.2, 0.25) is 0 Å². The van der Waals surface area contributed by atoms with Crippen molar-refractivity contribution in [2.45, 2.75) is 39.4 Å². The van der Waals surface area contributed by atoms with E-state index in [1.807, 2.05) is 75.4 Å². The minimum absolute atomic E-state index is 0.000624. The fourth-order valence-electron chi connectivity index (χ4n) is 3.20. The average Bonchev–Trinajstić information content (AvgIpc) is 2.72. The molecule has 3 aromatic carbocycles. The van der Waals surface area contributed by atoms with Gasteiger partial charge < -0.3 is 9.47 Å². The number of carbonyl (C=O) groups excluding carboxylic acids is 2. The molecule has 0 aliphatic heterocycles. The SMILES string of the molecule is CC(C)(C)OC(=O)Cc1cccc(COc2ccc(-c3ccccc3)c(C=O)c2F)c1. The second-order valence-electron chi connectivity index (χ2n) is 8.19. The van der Waals surface area contributed by atoms with Gasteiger partial charge in [0, 0.05) is 0 Å². The molecule has 0 N–H and O–H groups in total. The van der Waals surface area contributed by atoms with Crippen LogP contribution in [0.3, 0.4) is 0 Å². The zero-order chi connectivity index (χ0) is 22.4. The molecule has 3 aromatic rings. The van der Waals surface area contributed by atoms with Crippen LogP contribution in [0, 0.1) is 5.82 Å². The van der Waals surface area contributed by atoms with Crippen molar-refractivity contribution >= 4 is 12.3 Å². The number of carbonyl (C=O) groups is 2. The molecule has 0 saturated heterocycles. The van der Waals surface area contributed by atoms with Crippen LogP contribution in [-0.4, -0.2) is 17.9 Å². The Morgan fingerprint density at radius 3 is 2.35 bits per heavy atom. The normalized spacial score (nSPS) is 11.1. The van der Waals surface area contributed by atoms with Crippen LogP contribution in [-0.2, 0) is 22.6 Å². The standard InChI is InChI=1S/C26H25FO4/c1-26(2,3)31-24(29)15-18-8-7-9-19(14-18)17-30-23-13-12-21(22(16-28)25(23)27)20-10-5-4-6-11-20/h4-14,16H,15,17H2,1-3H3. The van der Waals surface area contributed by atoms with Gasteiger partial charge in [0.25, 0.3) is 0 Å². The second-order valence-corrected chi connectivity index (χ2v) is 8.19. The van der Waals surface area contributed by atoms with Crippen molar-refractivity contribution in [1.29, 1.82) is 0 Å². The topological polar surface area (TPSA) is 52.6 Å². The summed E-state index contributed by atoms with van der Waals surface area (Å²) in [7, 11) is 0. The van der Waals surface area contributed by atoms with Crippen molar-refractivity contribution in [2.75, 3.05) is 0 Å². The van der Waals surface area contributed by atoms with E-state index in [9.17, 15) is 14.0 Å². The number of benzene rings is 3. The van der Waals surface area contributed by atoms with Gasteiger partial charge in [-0.1, -0.05) is 54.6 Å². The van der Waals surface area contributed by atoms with E-state index in [4.69, 9.17) is 9.47 Å². The minimum atomic E-state index is -0.693. The van der Waals surface area contributed by atoms with E-state index in [2.05, 4.69) is 0 Å². The molecule has 5 heteroatoms. The van der Waals surface area contributed by atoms with E-state index < -0.39 is 11.4 Å². The summed E-state index contributed by atoms with van der Waals surface area (Å²) in [6, 6.07) is 19.6. The predicted molar refractivity (Wildman–Crippen MR) is 118 cm³/mol. The number of halogens is 1. The summed E-state index contributed by atoms with van der Waals surface area (Å²) >= 11 is 0. The van der Waals surface area contributed by atoms with E-state index >= 15 is 0 Å². The lowest BCUT2D eigenvalue weighted by Gasteiger charge is -2.19. The summed E-state index contributed by atoms with van der Waals surface area (Å²) < 4.78 is 25.9. The van der Waals surface area contributed by atoms with E-state index in [0.717, 1.165) is 16.7 Å². The average molecular weight is 420 g/mol. The Labute approximate surface area is 181 Å². The van der Waals surface area contributed by atoms with Crippen LogP contribution in [0.5, 0.6) is 5.75 Å². The number of rotatable bonds is 7. The fourth-order valence-corrected chi connectivity index (χ4v) is 3.20. The van der Waals surface area contributed by atoms with Gasteiger partial charge in [0.1, 0.15) is 12.2 Å². The lowest BCUT2D eigenvalue weighted by molar-refractivity contribution is -0.153. The van der Waals surface area contributed by atoms with Crippen LogP contribution >= 0.6 is 0 Å². The Hall–Kier alpha value is -3.47. The minimum Gasteiger partial charge on any atom is -0.486 e. The molecule has 0 aromatic heterocycles. The summed E-state index contributed by atoms with van der Waals surface area (Å²) in [4.78, 5) is 23.6. The van der Waals surface area contributed by atoms with Crippen molar-refractivity contribution in [3.05, 3.63) is 89.2 Å². The second kappa shape index (κ2) is 9.56. The third-order valence-corrected chi connectivity index (χ3v) is 4.50. The molecule has 0 spiro atoms. The molecule has 0 bridgehead atoms. The summed E-state index contributed by atoms with van der Waals surface area (Å²) in [6.45, 7) is 5.56. The number of ether oxygens (including phenoxy) is 2. The smallest absolute Gasteiger partial charge is 0.310 e. The first-order valence-electron chi connectivity index (χ1n) is 10.0. The molecule has 3 rings (SSSR count). The Morgan fingerprint density at radius 1 is 0.968 bits per heavy atom. The van der Waals surface area contributed by atoms with Gasteiger partial charge in [0.05, 0.1) is 12.0 Å². The van der Waals surface area contributed by atoms with Gasteiger partial charge in [-0.2, -0.15) is 0 Å². The summed E-state index contributed by atoms with van der Waals surface area (Å²) in [5, 5.41) is 0. The summed E-state index contributed by atoms with van der Waals surface area (Å²) in [6.07, 6.45) is 0.645. The Kier molecular flexibility index (Phi) is 6.85. The van der Waals surface area contributed by atoms with Crippen molar-refractivity contribution in [3.63, 3.8) is 0 Å². The molecule has 0 radical (unpaired) electrons. The number of aldehydes is 1. The van der Waals surface area contributed by atoms with Crippen molar-refractivity contribution in [3.8, 4) is 16.9 Å². The van der Waals surface area contributed by atoms with Crippen molar-refractivity contribution < 1.29 is 23.5 Å². The van der Waals surface area contributed by atoms with E-state index in [1.54, 1.807) is 6.07 Å². The van der Waals surface area contributed by atoms with Crippen LogP contribution in [0.15, 0.2) is 66.7 Å². The molecule has 0 aliphatic carbocycles. The van der Waals surface area contributed by atoms with Gasteiger partial charge >= 0.3 is 5.97 Å². The van der Waals surface area contributed by atoms with Gasteiger partial charge in [-0.05, 0) is 55.2 Å². The lowest BCUT2D eigenvalue weighted by atomic mass is 9.99. The van der Waals surface area contributed by atoms with Crippen LogP contribution in [0.2, 0.25) is 0 Å². The summed E-state index contributed by atoms with van der Waals surface area (Å²) in [5.74, 6) is -1.01. The Bertz CT molecular complexity index is 1070. The van der Waals surface area contributed by atoms with Crippen LogP contribution in [0.4, 0.5) is 4.39 Å². The molecular formula is C26H25FO4. The Morgan fingerprint density at radius 2 is 1.68 bits per heavy atom. The lowest BCUT2D eigenvalue weighted by Crippen LogP contribution is -2.24. The Balaban J connectivity index is 1.73.